The number of hydrogen-bond donors (Lipinski definition) is 2. The molecule has 0 radical (unpaired) electrons. The molecule has 0 bridgehead atoms. The zero-order valence-electron chi connectivity index (χ0n) is 9.41. The Morgan fingerprint density at radius 3 is 3.00 bits per heavy atom. The van der Waals surface area contributed by atoms with Gasteiger partial charge in [0.25, 0.3) is 0 Å². The van der Waals surface area contributed by atoms with Gasteiger partial charge in [0.2, 0.25) is 0 Å². The number of phenols is 1. The molecule has 1 atom stereocenters. The highest BCUT2D eigenvalue weighted by Gasteiger charge is 2.18. The van der Waals surface area contributed by atoms with E-state index in [1.165, 1.54) is 6.42 Å². The van der Waals surface area contributed by atoms with Gasteiger partial charge < -0.3 is 15.3 Å². The highest BCUT2D eigenvalue weighted by molar-refractivity contribution is 6.32. The standard InChI is InChI=1S/C12H17ClN2O/c1-15-5-4-10(8-15)14-7-9-2-3-12(16)11(13)6-9/h2-3,6,10,14,16H,4-5,7-8H2,1H3. The SMILES string of the molecule is CN1CCC(NCc2ccc(O)c(Cl)c2)C1. The molecule has 1 aliphatic heterocycles. The fourth-order valence-electron chi connectivity index (χ4n) is 2.02. The third-order valence-electron chi connectivity index (χ3n) is 3.00. The van der Waals surface area contributed by atoms with E-state index in [4.69, 9.17) is 11.6 Å². The lowest BCUT2D eigenvalue weighted by Gasteiger charge is -2.13. The summed E-state index contributed by atoms with van der Waals surface area (Å²) >= 11 is 5.85. The fourth-order valence-corrected chi connectivity index (χ4v) is 2.23. The molecule has 2 N–H and O–H groups in total. The molecule has 1 aromatic rings. The summed E-state index contributed by atoms with van der Waals surface area (Å²) in [6.45, 7) is 3.07. The van der Waals surface area contributed by atoms with E-state index in [1.807, 2.05) is 12.1 Å². The Balaban J connectivity index is 1.87. The number of likely N-dealkylation sites (tertiary alicyclic amines) is 1. The maximum Gasteiger partial charge on any atom is 0.134 e. The lowest BCUT2D eigenvalue weighted by molar-refractivity contribution is 0.397. The van der Waals surface area contributed by atoms with E-state index in [0.29, 0.717) is 11.1 Å². The van der Waals surface area contributed by atoms with Crippen LogP contribution in [0.25, 0.3) is 0 Å². The first-order valence-corrected chi connectivity index (χ1v) is 5.92. The normalized spacial score (nSPS) is 21.5. The molecule has 1 aromatic carbocycles. The molecule has 3 nitrogen and oxygen atoms in total. The Hall–Kier alpha value is -0.770. The van der Waals surface area contributed by atoms with Crippen LogP contribution in [0.4, 0.5) is 0 Å². The van der Waals surface area contributed by atoms with Gasteiger partial charge >= 0.3 is 0 Å². The Labute approximate surface area is 101 Å². The number of aromatic hydroxyl groups is 1. The number of benzene rings is 1. The van der Waals surface area contributed by atoms with E-state index in [2.05, 4.69) is 17.3 Å². The minimum Gasteiger partial charge on any atom is -0.506 e. The Bertz CT molecular complexity index is 370. The molecular formula is C12H17ClN2O. The Kier molecular flexibility index (Phi) is 3.69. The predicted octanol–water partition coefficient (Wildman–Crippen LogP) is 1.84. The van der Waals surface area contributed by atoms with Gasteiger partial charge in [0, 0.05) is 19.1 Å². The zero-order chi connectivity index (χ0) is 11.5. The molecule has 1 aliphatic rings. The lowest BCUT2D eigenvalue weighted by atomic mass is 10.2. The van der Waals surface area contributed by atoms with E-state index in [0.717, 1.165) is 25.2 Å². The Morgan fingerprint density at radius 2 is 2.38 bits per heavy atom. The van der Waals surface area contributed by atoms with Gasteiger partial charge in [-0.25, -0.2) is 0 Å². The average molecular weight is 241 g/mol. The van der Waals surface area contributed by atoms with Gasteiger partial charge in [-0.15, -0.1) is 0 Å². The van der Waals surface area contributed by atoms with Crippen LogP contribution >= 0.6 is 11.6 Å². The summed E-state index contributed by atoms with van der Waals surface area (Å²) in [5, 5.41) is 13.2. The third kappa shape index (κ3) is 2.88. The van der Waals surface area contributed by atoms with Crippen molar-refractivity contribution in [3.05, 3.63) is 28.8 Å². The van der Waals surface area contributed by atoms with Crippen molar-refractivity contribution in [2.24, 2.45) is 0 Å². The van der Waals surface area contributed by atoms with Gasteiger partial charge in [-0.05, 0) is 37.7 Å². The number of nitrogens with one attached hydrogen (secondary N) is 1. The Morgan fingerprint density at radius 1 is 1.56 bits per heavy atom. The minimum absolute atomic E-state index is 0.144. The zero-order valence-corrected chi connectivity index (χ0v) is 10.2. The van der Waals surface area contributed by atoms with Crippen LogP contribution in [0.5, 0.6) is 5.75 Å². The number of rotatable bonds is 3. The molecule has 1 fully saturated rings. The number of phenolic OH excluding ortho intramolecular Hbond substituents is 1. The number of halogens is 1. The van der Waals surface area contributed by atoms with E-state index >= 15 is 0 Å². The second-order valence-electron chi connectivity index (χ2n) is 4.41. The first kappa shape index (κ1) is 11.7. The van der Waals surface area contributed by atoms with Gasteiger partial charge in [-0.2, -0.15) is 0 Å². The predicted molar refractivity (Wildman–Crippen MR) is 65.9 cm³/mol. The summed E-state index contributed by atoms with van der Waals surface area (Å²) in [7, 11) is 2.14. The molecule has 1 saturated heterocycles. The molecule has 0 saturated carbocycles. The molecule has 88 valence electrons. The highest BCUT2D eigenvalue weighted by Crippen LogP contribution is 2.23. The van der Waals surface area contributed by atoms with Crippen LogP contribution in [0.15, 0.2) is 18.2 Å². The first-order chi connectivity index (χ1) is 7.65. The molecule has 16 heavy (non-hydrogen) atoms. The summed E-state index contributed by atoms with van der Waals surface area (Å²) in [4.78, 5) is 2.32. The molecule has 0 spiro atoms. The van der Waals surface area contributed by atoms with Gasteiger partial charge in [0.05, 0.1) is 5.02 Å². The molecule has 0 aliphatic carbocycles. The van der Waals surface area contributed by atoms with E-state index in [1.54, 1.807) is 6.07 Å². The van der Waals surface area contributed by atoms with Crippen LogP contribution in [0.1, 0.15) is 12.0 Å². The fraction of sp³-hybridized carbons (Fsp3) is 0.500. The molecule has 2 rings (SSSR count). The largest absolute Gasteiger partial charge is 0.506 e. The van der Waals surface area contributed by atoms with Crippen LogP contribution in [0.2, 0.25) is 5.02 Å². The van der Waals surface area contributed by atoms with Crippen molar-refractivity contribution in [2.45, 2.75) is 19.0 Å². The van der Waals surface area contributed by atoms with Crippen LogP contribution in [0.3, 0.4) is 0 Å². The van der Waals surface area contributed by atoms with Gasteiger partial charge in [-0.1, -0.05) is 17.7 Å². The molecular weight excluding hydrogens is 224 g/mol. The monoisotopic (exact) mass is 240 g/mol. The van der Waals surface area contributed by atoms with Gasteiger partial charge in [0.15, 0.2) is 0 Å². The molecule has 0 aromatic heterocycles. The van der Waals surface area contributed by atoms with Crippen LogP contribution < -0.4 is 5.32 Å². The van der Waals surface area contributed by atoms with Crippen molar-refractivity contribution in [1.29, 1.82) is 0 Å². The maximum atomic E-state index is 9.30. The van der Waals surface area contributed by atoms with E-state index in [-0.39, 0.29) is 5.75 Å². The molecule has 0 amide bonds. The number of hydrogen-bond acceptors (Lipinski definition) is 3. The van der Waals surface area contributed by atoms with E-state index in [9.17, 15) is 5.11 Å². The van der Waals surface area contributed by atoms with Crippen LogP contribution in [0, 0.1) is 0 Å². The molecule has 1 heterocycles. The lowest BCUT2D eigenvalue weighted by Crippen LogP contribution is -2.30. The minimum atomic E-state index is 0.144. The summed E-state index contributed by atoms with van der Waals surface area (Å²) in [5.74, 6) is 0.144. The van der Waals surface area contributed by atoms with Crippen LogP contribution in [-0.4, -0.2) is 36.2 Å². The average Bonchev–Trinajstić information content (AvgIpc) is 2.66. The molecule has 1 unspecified atom stereocenters. The van der Waals surface area contributed by atoms with Crippen molar-refractivity contribution < 1.29 is 5.11 Å². The molecule has 4 heteroatoms. The summed E-state index contributed by atoms with van der Waals surface area (Å²) in [6, 6.07) is 5.91. The first-order valence-electron chi connectivity index (χ1n) is 5.54. The summed E-state index contributed by atoms with van der Waals surface area (Å²) in [5.41, 5.74) is 1.11. The van der Waals surface area contributed by atoms with Gasteiger partial charge in [-0.3, -0.25) is 0 Å². The summed E-state index contributed by atoms with van der Waals surface area (Å²) < 4.78 is 0. The summed E-state index contributed by atoms with van der Waals surface area (Å²) in [6.07, 6.45) is 1.20. The van der Waals surface area contributed by atoms with E-state index < -0.39 is 0 Å². The maximum absolute atomic E-state index is 9.30. The smallest absolute Gasteiger partial charge is 0.134 e. The third-order valence-corrected chi connectivity index (χ3v) is 3.30. The van der Waals surface area contributed by atoms with Crippen molar-refractivity contribution in [2.75, 3.05) is 20.1 Å². The topological polar surface area (TPSA) is 35.5 Å². The van der Waals surface area contributed by atoms with Gasteiger partial charge in [0.1, 0.15) is 5.75 Å². The highest BCUT2D eigenvalue weighted by atomic mass is 35.5. The quantitative estimate of drug-likeness (QED) is 0.847. The van der Waals surface area contributed by atoms with Crippen molar-refractivity contribution in [3.63, 3.8) is 0 Å². The second-order valence-corrected chi connectivity index (χ2v) is 4.82. The van der Waals surface area contributed by atoms with Crippen molar-refractivity contribution in [1.82, 2.24) is 10.2 Å². The number of likely N-dealkylation sites (N-methyl/N-ethyl adjacent to an activating group) is 1. The van der Waals surface area contributed by atoms with Crippen molar-refractivity contribution in [3.8, 4) is 5.75 Å². The second kappa shape index (κ2) is 5.04. The van der Waals surface area contributed by atoms with Crippen molar-refractivity contribution >= 4 is 11.6 Å². The van der Waals surface area contributed by atoms with Crippen LogP contribution in [-0.2, 0) is 6.54 Å². The number of nitrogens with zero attached hydrogens (tertiary/aromatic N) is 1.